The minimum absolute atomic E-state index is 0. The number of aromatic amines is 1. The highest BCUT2D eigenvalue weighted by atomic mass is 35.5. The molecule has 5 N–H and O–H groups in total. The van der Waals surface area contributed by atoms with Crippen LogP contribution in [0.4, 0.5) is 16.0 Å². The lowest BCUT2D eigenvalue weighted by atomic mass is 9.91. The van der Waals surface area contributed by atoms with Crippen molar-refractivity contribution in [3.63, 3.8) is 0 Å². The summed E-state index contributed by atoms with van der Waals surface area (Å²) in [6.45, 7) is 0. The standard InChI is InChI=1S/C25H25FN6O.ClH/c26-21-14-29-25(32-23(21)20-13-28-22-7-2-1-6-19(20)22)31-18-5-3-4-17(12-18)30-24(33)15-8-10-16(27)11-9-15;/h1-2,6-11,13-14,17-18,28H,3-5,12,27H2,(H,30,33)(H,29,31,32);1H/t17-,18+;/m0./s1. The summed E-state index contributed by atoms with van der Waals surface area (Å²) < 4.78 is 14.6. The first kappa shape index (κ1) is 23.5. The summed E-state index contributed by atoms with van der Waals surface area (Å²) in [4.78, 5) is 24.4. The molecule has 9 heteroatoms. The zero-order chi connectivity index (χ0) is 22.8. The van der Waals surface area contributed by atoms with Gasteiger partial charge in [-0.05, 0) is 56.0 Å². The zero-order valence-electron chi connectivity index (χ0n) is 18.4. The quantitative estimate of drug-likeness (QED) is 0.303. The van der Waals surface area contributed by atoms with Gasteiger partial charge < -0.3 is 21.4 Å². The maximum Gasteiger partial charge on any atom is 0.251 e. The van der Waals surface area contributed by atoms with E-state index in [9.17, 15) is 9.18 Å². The zero-order valence-corrected chi connectivity index (χ0v) is 19.2. The van der Waals surface area contributed by atoms with Crippen LogP contribution in [0.5, 0.6) is 0 Å². The third-order valence-corrected chi connectivity index (χ3v) is 6.10. The lowest BCUT2D eigenvalue weighted by molar-refractivity contribution is 0.0926. The average Bonchev–Trinajstić information content (AvgIpc) is 3.25. The molecule has 0 radical (unpaired) electrons. The van der Waals surface area contributed by atoms with Crippen LogP contribution in [-0.2, 0) is 0 Å². The Hall–Kier alpha value is -3.65. The molecule has 0 spiro atoms. The van der Waals surface area contributed by atoms with E-state index in [0.717, 1.165) is 36.6 Å². The first-order valence-electron chi connectivity index (χ1n) is 11.1. The van der Waals surface area contributed by atoms with E-state index >= 15 is 0 Å². The summed E-state index contributed by atoms with van der Waals surface area (Å²) >= 11 is 0. The third-order valence-electron chi connectivity index (χ3n) is 6.10. The van der Waals surface area contributed by atoms with Crippen molar-refractivity contribution in [1.82, 2.24) is 20.3 Å². The number of para-hydroxylation sites is 1. The summed E-state index contributed by atoms with van der Waals surface area (Å²) in [7, 11) is 0. The fourth-order valence-corrected chi connectivity index (χ4v) is 4.43. The Morgan fingerprint density at radius 2 is 1.85 bits per heavy atom. The van der Waals surface area contributed by atoms with Crippen molar-refractivity contribution in [3.05, 3.63) is 72.3 Å². The Morgan fingerprint density at radius 3 is 2.68 bits per heavy atom. The smallest absolute Gasteiger partial charge is 0.251 e. The Balaban J connectivity index is 0.00000274. The summed E-state index contributed by atoms with van der Waals surface area (Å²) in [6, 6.07) is 14.7. The molecule has 2 aromatic heterocycles. The van der Waals surface area contributed by atoms with Gasteiger partial charge in [0.1, 0.15) is 5.69 Å². The van der Waals surface area contributed by atoms with Crippen LogP contribution in [0.1, 0.15) is 36.0 Å². The van der Waals surface area contributed by atoms with E-state index in [1.54, 1.807) is 30.5 Å². The predicted molar refractivity (Wildman–Crippen MR) is 135 cm³/mol. The number of rotatable bonds is 5. The molecule has 0 aliphatic heterocycles. The summed E-state index contributed by atoms with van der Waals surface area (Å²) in [5.74, 6) is -0.199. The van der Waals surface area contributed by atoms with E-state index < -0.39 is 5.82 Å². The van der Waals surface area contributed by atoms with Gasteiger partial charge in [-0.25, -0.2) is 14.4 Å². The molecular weight excluding hydrogens is 455 g/mol. The summed E-state index contributed by atoms with van der Waals surface area (Å²) in [5, 5.41) is 7.36. The van der Waals surface area contributed by atoms with Crippen LogP contribution < -0.4 is 16.4 Å². The number of nitrogens with one attached hydrogen (secondary N) is 3. The normalized spacial score (nSPS) is 17.7. The molecule has 5 rings (SSSR count). The number of nitrogens with two attached hydrogens (primary N) is 1. The van der Waals surface area contributed by atoms with Crippen LogP contribution in [-0.4, -0.2) is 32.9 Å². The van der Waals surface area contributed by atoms with Crippen LogP contribution in [0.15, 0.2) is 60.9 Å². The van der Waals surface area contributed by atoms with Crippen LogP contribution in [0.25, 0.3) is 22.2 Å². The number of aromatic nitrogens is 3. The second kappa shape index (κ2) is 10.1. The van der Waals surface area contributed by atoms with E-state index in [0.29, 0.717) is 22.8 Å². The molecule has 2 atom stereocenters. The highest BCUT2D eigenvalue weighted by Crippen LogP contribution is 2.30. The number of hydrogen-bond acceptors (Lipinski definition) is 5. The highest BCUT2D eigenvalue weighted by Gasteiger charge is 2.25. The number of halogens is 2. The molecule has 0 bridgehead atoms. The Labute approximate surface area is 202 Å². The SMILES string of the molecule is Cl.Nc1ccc(C(=O)N[C@H]2CCC[C@@H](Nc3ncc(F)c(-c4c[nH]c5ccccc45)n3)C2)cc1. The largest absolute Gasteiger partial charge is 0.399 e. The topological polar surface area (TPSA) is 109 Å². The minimum Gasteiger partial charge on any atom is -0.399 e. The van der Waals surface area contributed by atoms with E-state index in [4.69, 9.17) is 5.73 Å². The molecular formula is C25H26ClFN6O. The number of hydrogen-bond donors (Lipinski definition) is 4. The monoisotopic (exact) mass is 480 g/mol. The number of nitrogen functional groups attached to an aromatic ring is 1. The molecule has 1 aliphatic rings. The van der Waals surface area contributed by atoms with Crippen molar-refractivity contribution in [2.24, 2.45) is 0 Å². The van der Waals surface area contributed by atoms with Crippen LogP contribution in [0, 0.1) is 5.82 Å². The molecule has 4 aromatic rings. The van der Waals surface area contributed by atoms with E-state index in [2.05, 4.69) is 25.6 Å². The van der Waals surface area contributed by atoms with Gasteiger partial charge in [0.15, 0.2) is 5.82 Å². The number of carbonyl (C=O) groups excluding carboxylic acids is 1. The second-order valence-electron chi connectivity index (χ2n) is 8.44. The van der Waals surface area contributed by atoms with Gasteiger partial charge >= 0.3 is 0 Å². The molecule has 1 fully saturated rings. The van der Waals surface area contributed by atoms with Crippen LogP contribution in [0.2, 0.25) is 0 Å². The summed E-state index contributed by atoms with van der Waals surface area (Å²) in [5.41, 5.74) is 8.80. The number of nitrogens with zero attached hydrogens (tertiary/aromatic N) is 2. The van der Waals surface area contributed by atoms with Crippen molar-refractivity contribution in [3.8, 4) is 11.3 Å². The molecule has 7 nitrogen and oxygen atoms in total. The Kier molecular flexibility index (Phi) is 6.98. The molecule has 2 aromatic carbocycles. The van der Waals surface area contributed by atoms with Gasteiger partial charge in [0.25, 0.3) is 5.91 Å². The predicted octanol–water partition coefficient (Wildman–Crippen LogP) is 4.92. The molecule has 1 amide bonds. The van der Waals surface area contributed by atoms with E-state index in [-0.39, 0.29) is 36.1 Å². The Bertz CT molecular complexity index is 1290. The first-order valence-corrected chi connectivity index (χ1v) is 11.1. The lowest BCUT2D eigenvalue weighted by Gasteiger charge is -2.30. The molecule has 34 heavy (non-hydrogen) atoms. The van der Waals surface area contributed by atoms with Crippen molar-refractivity contribution in [2.45, 2.75) is 37.8 Å². The number of H-pyrrole nitrogens is 1. The first-order chi connectivity index (χ1) is 16.1. The number of fused-ring (bicyclic) bond motifs is 1. The van der Waals surface area contributed by atoms with Crippen molar-refractivity contribution >= 4 is 40.9 Å². The van der Waals surface area contributed by atoms with Gasteiger partial charge in [0, 0.05) is 46.0 Å². The van der Waals surface area contributed by atoms with Gasteiger partial charge in [0.05, 0.1) is 6.20 Å². The highest BCUT2D eigenvalue weighted by molar-refractivity contribution is 5.95. The number of benzene rings is 2. The Morgan fingerprint density at radius 1 is 1.09 bits per heavy atom. The molecule has 0 saturated heterocycles. The fraction of sp³-hybridized carbons (Fsp3) is 0.240. The van der Waals surface area contributed by atoms with Gasteiger partial charge in [0.2, 0.25) is 5.95 Å². The lowest BCUT2D eigenvalue weighted by Crippen LogP contribution is -2.42. The summed E-state index contributed by atoms with van der Waals surface area (Å²) in [6.07, 6.45) is 6.50. The van der Waals surface area contributed by atoms with E-state index in [1.165, 1.54) is 6.20 Å². The van der Waals surface area contributed by atoms with Gasteiger partial charge in [-0.2, -0.15) is 0 Å². The molecule has 1 aliphatic carbocycles. The average molecular weight is 481 g/mol. The van der Waals surface area contributed by atoms with Gasteiger partial charge in [-0.3, -0.25) is 4.79 Å². The number of anilines is 2. The number of carbonyl (C=O) groups is 1. The van der Waals surface area contributed by atoms with Gasteiger partial charge in [-0.1, -0.05) is 18.2 Å². The van der Waals surface area contributed by atoms with Crippen LogP contribution >= 0.6 is 12.4 Å². The van der Waals surface area contributed by atoms with Gasteiger partial charge in [-0.15, -0.1) is 12.4 Å². The number of amides is 1. The van der Waals surface area contributed by atoms with E-state index in [1.807, 2.05) is 24.3 Å². The third kappa shape index (κ3) is 4.97. The van der Waals surface area contributed by atoms with Crippen LogP contribution in [0.3, 0.4) is 0 Å². The van der Waals surface area contributed by atoms with Crippen molar-refractivity contribution in [2.75, 3.05) is 11.1 Å². The molecule has 0 unspecified atom stereocenters. The fourth-order valence-electron chi connectivity index (χ4n) is 4.43. The molecule has 1 saturated carbocycles. The second-order valence-corrected chi connectivity index (χ2v) is 8.44. The van der Waals surface area contributed by atoms with Crippen molar-refractivity contribution in [1.29, 1.82) is 0 Å². The maximum atomic E-state index is 14.6. The maximum absolute atomic E-state index is 14.6. The van der Waals surface area contributed by atoms with Crippen molar-refractivity contribution < 1.29 is 9.18 Å². The minimum atomic E-state index is -0.470. The molecule has 176 valence electrons. The molecule has 2 heterocycles.